The zero-order valence-electron chi connectivity index (χ0n) is 18.9. The number of ether oxygens (including phenoxy) is 3. The molecule has 0 spiro atoms. The highest BCUT2D eigenvalue weighted by Gasteiger charge is 2.25. The first-order chi connectivity index (χ1) is 16.5. The van der Waals surface area contributed by atoms with Crippen molar-refractivity contribution in [3.63, 3.8) is 0 Å². The number of aliphatic imine (C=N–C) groups is 1. The predicted octanol–water partition coefficient (Wildman–Crippen LogP) is 6.25. The van der Waals surface area contributed by atoms with Gasteiger partial charge in [-0.2, -0.15) is 0 Å². The maximum absolute atomic E-state index is 12.6. The van der Waals surface area contributed by atoms with Gasteiger partial charge in [0, 0.05) is 4.47 Å². The summed E-state index contributed by atoms with van der Waals surface area (Å²) in [5, 5.41) is 3.31. The minimum atomic E-state index is -0.217. The fraction of sp³-hybridized carbons (Fsp3) is 0.154. The van der Waals surface area contributed by atoms with Gasteiger partial charge in [0.2, 0.25) is 0 Å². The van der Waals surface area contributed by atoms with Crippen molar-refractivity contribution in [2.45, 2.75) is 13.5 Å². The van der Waals surface area contributed by atoms with Gasteiger partial charge < -0.3 is 19.5 Å². The Morgan fingerprint density at radius 2 is 1.76 bits per heavy atom. The summed E-state index contributed by atoms with van der Waals surface area (Å²) in [4.78, 5) is 17.7. The van der Waals surface area contributed by atoms with E-state index >= 15 is 0 Å². The molecule has 174 valence electrons. The molecule has 1 aliphatic rings. The molecule has 3 aromatic rings. The van der Waals surface area contributed by atoms with Gasteiger partial charge in [-0.15, -0.1) is 0 Å². The molecule has 3 aromatic carbocycles. The smallest absolute Gasteiger partial charge is 0.264 e. The van der Waals surface area contributed by atoms with E-state index < -0.39 is 0 Å². The molecule has 1 heterocycles. The molecule has 8 heteroatoms. The van der Waals surface area contributed by atoms with E-state index in [0.29, 0.717) is 39.6 Å². The van der Waals surface area contributed by atoms with Crippen molar-refractivity contribution >= 4 is 50.5 Å². The number of methoxy groups -OCH3 is 2. The normalized spacial score (nSPS) is 15.5. The zero-order valence-corrected chi connectivity index (χ0v) is 21.3. The number of benzene rings is 3. The molecule has 0 saturated carbocycles. The number of carbonyl (C=O) groups excluding carboxylic acids is 1. The quantitative estimate of drug-likeness (QED) is 0.360. The Bertz CT molecular complexity index is 1280. The summed E-state index contributed by atoms with van der Waals surface area (Å²) in [6, 6.07) is 19.3. The van der Waals surface area contributed by atoms with Crippen LogP contribution < -0.4 is 19.5 Å². The van der Waals surface area contributed by atoms with Crippen LogP contribution in [0.5, 0.6) is 17.2 Å². The Hall–Kier alpha value is -3.23. The first-order valence-electron chi connectivity index (χ1n) is 10.5. The molecule has 1 fully saturated rings. The first-order valence-corrected chi connectivity index (χ1v) is 12.1. The lowest BCUT2D eigenvalue weighted by Gasteiger charge is -2.13. The Kier molecular flexibility index (Phi) is 7.59. The molecule has 4 rings (SSSR count). The number of halogens is 1. The van der Waals surface area contributed by atoms with Crippen molar-refractivity contribution in [2.24, 2.45) is 4.99 Å². The minimum absolute atomic E-state index is 0.217. The molecule has 0 unspecified atom stereocenters. The highest BCUT2D eigenvalue weighted by atomic mass is 79.9. The van der Waals surface area contributed by atoms with Gasteiger partial charge in [0.05, 0.1) is 19.1 Å². The molecule has 1 aliphatic heterocycles. The highest BCUT2D eigenvalue weighted by Crippen LogP contribution is 2.37. The van der Waals surface area contributed by atoms with E-state index in [0.717, 1.165) is 21.2 Å². The van der Waals surface area contributed by atoms with E-state index in [9.17, 15) is 4.79 Å². The van der Waals surface area contributed by atoms with Crippen molar-refractivity contribution in [3.8, 4) is 17.2 Å². The second kappa shape index (κ2) is 10.8. The van der Waals surface area contributed by atoms with Gasteiger partial charge in [-0.1, -0.05) is 52.3 Å². The van der Waals surface area contributed by atoms with Gasteiger partial charge in [-0.3, -0.25) is 4.79 Å². The third-order valence-electron chi connectivity index (χ3n) is 5.01. The van der Waals surface area contributed by atoms with Crippen LogP contribution in [0, 0.1) is 6.92 Å². The Morgan fingerprint density at radius 1 is 1.00 bits per heavy atom. The Labute approximate surface area is 211 Å². The second-order valence-corrected chi connectivity index (χ2v) is 9.34. The Morgan fingerprint density at radius 3 is 2.50 bits per heavy atom. The van der Waals surface area contributed by atoms with Gasteiger partial charge in [-0.25, -0.2) is 4.99 Å². The van der Waals surface area contributed by atoms with E-state index in [2.05, 4.69) is 26.2 Å². The summed E-state index contributed by atoms with van der Waals surface area (Å²) < 4.78 is 17.7. The second-order valence-electron chi connectivity index (χ2n) is 7.46. The van der Waals surface area contributed by atoms with Gasteiger partial charge in [0.15, 0.2) is 16.7 Å². The molecule has 0 atom stereocenters. The highest BCUT2D eigenvalue weighted by molar-refractivity contribution is 9.10. The predicted molar refractivity (Wildman–Crippen MR) is 140 cm³/mol. The number of hydrogen-bond acceptors (Lipinski definition) is 6. The van der Waals surface area contributed by atoms with Crippen LogP contribution in [-0.4, -0.2) is 25.3 Å². The number of thioether (sulfide) groups is 1. The summed E-state index contributed by atoms with van der Waals surface area (Å²) in [7, 11) is 3.19. The zero-order chi connectivity index (χ0) is 24.1. The number of hydrogen-bond donors (Lipinski definition) is 1. The number of aryl methyl sites for hydroxylation is 1. The summed E-state index contributed by atoms with van der Waals surface area (Å²) in [5.74, 6) is 1.61. The van der Waals surface area contributed by atoms with Gasteiger partial charge in [0.25, 0.3) is 5.91 Å². The Balaban J connectivity index is 1.56. The van der Waals surface area contributed by atoms with E-state index in [1.807, 2.05) is 67.6 Å². The molecular formula is C26H23BrN2O4S. The lowest BCUT2D eigenvalue weighted by Crippen LogP contribution is -2.19. The average molecular weight is 539 g/mol. The van der Waals surface area contributed by atoms with Gasteiger partial charge >= 0.3 is 0 Å². The van der Waals surface area contributed by atoms with Crippen LogP contribution in [-0.2, 0) is 11.4 Å². The molecule has 1 amide bonds. The number of nitrogens with one attached hydrogen (secondary N) is 1. The summed E-state index contributed by atoms with van der Waals surface area (Å²) in [6.45, 7) is 2.40. The SMILES string of the molecule is COc1ccc(C)cc1N=C1NC(=O)/C(=C/c2cc(OC)c(OCc3ccccc3)cc2Br)S1. The monoisotopic (exact) mass is 538 g/mol. The average Bonchev–Trinajstić information content (AvgIpc) is 3.18. The maximum atomic E-state index is 12.6. The standard InChI is InChI=1S/C26H23BrN2O4S/c1-16-9-10-21(31-2)20(11-16)28-26-29-25(30)24(34-26)13-18-12-22(32-3)23(14-19(18)27)33-15-17-7-5-4-6-8-17/h4-14H,15H2,1-3H3,(H,28,29,30)/b24-13-. The van der Waals surface area contributed by atoms with Gasteiger partial charge in [-0.05, 0) is 65.7 Å². The van der Waals surface area contributed by atoms with Gasteiger partial charge in [0.1, 0.15) is 18.0 Å². The number of amides is 1. The van der Waals surface area contributed by atoms with Crippen LogP contribution in [0.4, 0.5) is 5.69 Å². The van der Waals surface area contributed by atoms with Crippen molar-refractivity contribution in [1.82, 2.24) is 5.32 Å². The molecule has 34 heavy (non-hydrogen) atoms. The third-order valence-corrected chi connectivity index (χ3v) is 6.61. The largest absolute Gasteiger partial charge is 0.494 e. The molecule has 6 nitrogen and oxygen atoms in total. The van der Waals surface area contributed by atoms with Crippen molar-refractivity contribution < 1.29 is 19.0 Å². The summed E-state index contributed by atoms with van der Waals surface area (Å²) in [6.07, 6.45) is 1.80. The van der Waals surface area contributed by atoms with E-state index in [1.54, 1.807) is 20.3 Å². The lowest BCUT2D eigenvalue weighted by molar-refractivity contribution is -0.115. The summed E-state index contributed by atoms with van der Waals surface area (Å²) >= 11 is 4.86. The van der Waals surface area contributed by atoms with Crippen LogP contribution in [0.25, 0.3) is 6.08 Å². The fourth-order valence-corrected chi connectivity index (χ4v) is 4.55. The maximum Gasteiger partial charge on any atom is 0.264 e. The van der Waals surface area contributed by atoms with Crippen molar-refractivity contribution in [2.75, 3.05) is 14.2 Å². The van der Waals surface area contributed by atoms with Crippen molar-refractivity contribution in [3.05, 3.63) is 86.7 Å². The molecular weight excluding hydrogens is 516 g/mol. The minimum Gasteiger partial charge on any atom is -0.494 e. The van der Waals surface area contributed by atoms with Crippen LogP contribution in [0.3, 0.4) is 0 Å². The van der Waals surface area contributed by atoms with E-state index in [-0.39, 0.29) is 5.91 Å². The van der Waals surface area contributed by atoms with Crippen molar-refractivity contribution in [1.29, 1.82) is 0 Å². The molecule has 0 radical (unpaired) electrons. The number of carbonyl (C=O) groups is 1. The number of rotatable bonds is 7. The molecule has 0 bridgehead atoms. The van der Waals surface area contributed by atoms with Crippen LogP contribution in [0.15, 0.2) is 75.0 Å². The number of amidine groups is 1. The van der Waals surface area contributed by atoms with E-state index in [4.69, 9.17) is 14.2 Å². The first kappa shape index (κ1) is 23.9. The van der Waals surface area contributed by atoms with Crippen LogP contribution >= 0.6 is 27.7 Å². The number of nitrogens with zero attached hydrogens (tertiary/aromatic N) is 1. The lowest BCUT2D eigenvalue weighted by atomic mass is 10.2. The fourth-order valence-electron chi connectivity index (χ4n) is 3.29. The third kappa shape index (κ3) is 5.63. The topological polar surface area (TPSA) is 69.2 Å². The van der Waals surface area contributed by atoms with Crippen LogP contribution in [0.1, 0.15) is 16.7 Å². The van der Waals surface area contributed by atoms with E-state index in [1.165, 1.54) is 11.8 Å². The molecule has 1 saturated heterocycles. The summed E-state index contributed by atoms with van der Waals surface area (Å²) in [5.41, 5.74) is 3.56. The molecule has 0 aromatic heterocycles. The van der Waals surface area contributed by atoms with Crippen LogP contribution in [0.2, 0.25) is 0 Å². The molecule has 0 aliphatic carbocycles. The molecule has 1 N–H and O–H groups in total.